The molecule has 30 heavy (non-hydrogen) atoms. The zero-order valence-corrected chi connectivity index (χ0v) is 17.7. The normalized spacial score (nSPS) is 15.4. The molecule has 2 N–H and O–H groups in total. The molecule has 0 aliphatic carbocycles. The molecule has 1 aliphatic rings. The fourth-order valence-electron chi connectivity index (χ4n) is 3.64. The number of nitrogens with one attached hydrogen (secondary N) is 2. The Balaban J connectivity index is 0.00000256. The van der Waals surface area contributed by atoms with E-state index in [1.54, 1.807) is 18.2 Å². The van der Waals surface area contributed by atoms with Gasteiger partial charge in [-0.05, 0) is 36.2 Å². The van der Waals surface area contributed by atoms with E-state index >= 15 is 0 Å². The van der Waals surface area contributed by atoms with E-state index in [2.05, 4.69) is 32.8 Å². The number of carbonyl (C=O) groups is 1. The van der Waals surface area contributed by atoms with Crippen LogP contribution in [0, 0.1) is 5.82 Å². The number of halogens is 2. The van der Waals surface area contributed by atoms with E-state index in [9.17, 15) is 9.18 Å². The van der Waals surface area contributed by atoms with Gasteiger partial charge in [0.05, 0.1) is 0 Å². The molecular formula is C22H25ClFN5O. The second-order valence-corrected chi connectivity index (χ2v) is 7.48. The number of fused-ring (bicyclic) bond motifs is 1. The summed E-state index contributed by atoms with van der Waals surface area (Å²) in [6, 6.07) is 14.6. The van der Waals surface area contributed by atoms with E-state index in [0.717, 1.165) is 13.0 Å². The molecule has 1 unspecified atom stereocenters. The number of nitrogens with zero attached hydrogens (tertiary/aromatic N) is 3. The molecule has 4 rings (SSSR count). The molecule has 1 amide bonds. The molecule has 158 valence electrons. The highest BCUT2D eigenvalue weighted by Gasteiger charge is 2.23. The molecular weight excluding hydrogens is 405 g/mol. The van der Waals surface area contributed by atoms with Crippen molar-refractivity contribution in [1.82, 2.24) is 25.4 Å². The standard InChI is InChI=1S/C22H24FN5O.ClH/c1-14(2)21-26-20(27-28(21)19-10-6-5-9-17(19)23)22(29)25-13-18-16-8-4-3-7-15(16)11-12-24-18;/h3-10,14,18,24H,11-13H2,1-2H3,(H,25,29);1H. The minimum atomic E-state index is -0.408. The molecule has 0 fully saturated rings. The third kappa shape index (κ3) is 4.37. The second-order valence-electron chi connectivity index (χ2n) is 7.48. The summed E-state index contributed by atoms with van der Waals surface area (Å²) >= 11 is 0. The highest BCUT2D eigenvalue weighted by Crippen LogP contribution is 2.22. The molecule has 6 nitrogen and oxygen atoms in total. The SMILES string of the molecule is CC(C)c1nc(C(=O)NCC2NCCc3ccccc32)nn1-c1ccccc1F.Cl. The highest BCUT2D eigenvalue weighted by atomic mass is 35.5. The van der Waals surface area contributed by atoms with E-state index in [1.807, 2.05) is 26.0 Å². The van der Waals surface area contributed by atoms with Gasteiger partial charge < -0.3 is 10.6 Å². The van der Waals surface area contributed by atoms with Gasteiger partial charge in [0.2, 0.25) is 5.82 Å². The maximum atomic E-state index is 14.3. The van der Waals surface area contributed by atoms with Crippen LogP contribution in [0.25, 0.3) is 5.69 Å². The van der Waals surface area contributed by atoms with Crippen LogP contribution in [0.3, 0.4) is 0 Å². The molecule has 8 heteroatoms. The molecule has 0 radical (unpaired) electrons. The number of amides is 1. The molecule has 0 spiro atoms. The molecule has 1 atom stereocenters. The quantitative estimate of drug-likeness (QED) is 0.650. The number of hydrogen-bond donors (Lipinski definition) is 2. The summed E-state index contributed by atoms with van der Waals surface area (Å²) in [4.78, 5) is 17.1. The molecule has 3 aromatic rings. The van der Waals surface area contributed by atoms with Gasteiger partial charge in [0, 0.05) is 18.5 Å². The zero-order chi connectivity index (χ0) is 20.4. The van der Waals surface area contributed by atoms with Gasteiger partial charge in [-0.2, -0.15) is 0 Å². The fourth-order valence-corrected chi connectivity index (χ4v) is 3.64. The maximum absolute atomic E-state index is 14.3. The van der Waals surface area contributed by atoms with Crippen LogP contribution in [0.2, 0.25) is 0 Å². The summed E-state index contributed by atoms with van der Waals surface area (Å²) in [5.74, 6) is -0.209. The van der Waals surface area contributed by atoms with Gasteiger partial charge in [-0.1, -0.05) is 50.2 Å². The second kappa shape index (κ2) is 9.36. The minimum absolute atomic E-state index is 0. The average molecular weight is 430 g/mol. The van der Waals surface area contributed by atoms with Crippen LogP contribution in [0.15, 0.2) is 48.5 Å². The number of benzene rings is 2. The maximum Gasteiger partial charge on any atom is 0.291 e. The summed E-state index contributed by atoms with van der Waals surface area (Å²) in [5, 5.41) is 10.7. The number of hydrogen-bond acceptors (Lipinski definition) is 4. The molecule has 1 aromatic heterocycles. The third-order valence-corrected chi connectivity index (χ3v) is 5.11. The van der Waals surface area contributed by atoms with Gasteiger partial charge in [0.15, 0.2) is 0 Å². The van der Waals surface area contributed by atoms with E-state index in [4.69, 9.17) is 0 Å². The van der Waals surface area contributed by atoms with Crippen molar-refractivity contribution in [2.24, 2.45) is 0 Å². The van der Waals surface area contributed by atoms with Crippen molar-refractivity contribution in [2.45, 2.75) is 32.2 Å². The van der Waals surface area contributed by atoms with Gasteiger partial charge in [-0.25, -0.2) is 14.1 Å². The zero-order valence-electron chi connectivity index (χ0n) is 16.9. The Morgan fingerprint density at radius 1 is 1.23 bits per heavy atom. The summed E-state index contributed by atoms with van der Waals surface area (Å²) < 4.78 is 15.7. The predicted octanol–water partition coefficient (Wildman–Crippen LogP) is 3.57. The Kier molecular flexibility index (Phi) is 6.84. The molecule has 0 saturated carbocycles. The smallest absolute Gasteiger partial charge is 0.291 e. The summed E-state index contributed by atoms with van der Waals surface area (Å²) in [5.41, 5.74) is 2.78. The fraction of sp³-hybridized carbons (Fsp3) is 0.318. The first-order valence-electron chi connectivity index (χ1n) is 9.86. The van der Waals surface area contributed by atoms with Crippen molar-refractivity contribution in [3.8, 4) is 5.69 Å². The minimum Gasteiger partial charge on any atom is -0.347 e. The van der Waals surface area contributed by atoms with Crippen molar-refractivity contribution in [1.29, 1.82) is 0 Å². The van der Waals surface area contributed by atoms with Gasteiger partial charge in [0.25, 0.3) is 5.91 Å². The van der Waals surface area contributed by atoms with Crippen molar-refractivity contribution < 1.29 is 9.18 Å². The van der Waals surface area contributed by atoms with Crippen LogP contribution in [0.4, 0.5) is 4.39 Å². The monoisotopic (exact) mass is 429 g/mol. The van der Waals surface area contributed by atoms with Crippen molar-refractivity contribution >= 4 is 18.3 Å². The molecule has 2 heterocycles. The van der Waals surface area contributed by atoms with Gasteiger partial charge in [-0.15, -0.1) is 17.5 Å². The number of para-hydroxylation sites is 1. The summed E-state index contributed by atoms with van der Waals surface area (Å²) in [7, 11) is 0. The number of aromatic nitrogens is 3. The third-order valence-electron chi connectivity index (χ3n) is 5.11. The van der Waals surface area contributed by atoms with Crippen LogP contribution < -0.4 is 10.6 Å². The molecule has 0 bridgehead atoms. The van der Waals surface area contributed by atoms with Gasteiger partial charge in [0.1, 0.15) is 17.3 Å². The lowest BCUT2D eigenvalue weighted by molar-refractivity contribution is 0.0938. The first kappa shape index (κ1) is 21.9. The van der Waals surface area contributed by atoms with E-state index < -0.39 is 5.82 Å². The van der Waals surface area contributed by atoms with Crippen LogP contribution in [-0.2, 0) is 6.42 Å². The van der Waals surface area contributed by atoms with Crippen LogP contribution in [-0.4, -0.2) is 33.8 Å². The largest absolute Gasteiger partial charge is 0.347 e. The first-order chi connectivity index (χ1) is 14.0. The topological polar surface area (TPSA) is 71.8 Å². The Morgan fingerprint density at radius 3 is 2.73 bits per heavy atom. The lowest BCUT2D eigenvalue weighted by atomic mass is 9.94. The van der Waals surface area contributed by atoms with E-state index in [0.29, 0.717) is 12.4 Å². The van der Waals surface area contributed by atoms with E-state index in [1.165, 1.54) is 21.9 Å². The molecule has 0 saturated heterocycles. The van der Waals surface area contributed by atoms with Gasteiger partial charge >= 0.3 is 0 Å². The number of rotatable bonds is 5. The van der Waals surface area contributed by atoms with Crippen LogP contribution in [0.5, 0.6) is 0 Å². The van der Waals surface area contributed by atoms with E-state index in [-0.39, 0.29) is 41.8 Å². The lowest BCUT2D eigenvalue weighted by Crippen LogP contribution is -2.39. The van der Waals surface area contributed by atoms with Gasteiger partial charge in [-0.3, -0.25) is 4.79 Å². The lowest BCUT2D eigenvalue weighted by Gasteiger charge is -2.26. The molecule has 1 aliphatic heterocycles. The Labute approximate surface area is 181 Å². The van der Waals surface area contributed by atoms with Crippen LogP contribution >= 0.6 is 12.4 Å². The van der Waals surface area contributed by atoms with Crippen molar-refractivity contribution in [3.05, 3.63) is 77.1 Å². The predicted molar refractivity (Wildman–Crippen MR) is 116 cm³/mol. The van der Waals surface area contributed by atoms with Crippen molar-refractivity contribution in [2.75, 3.05) is 13.1 Å². The summed E-state index contributed by atoms with van der Waals surface area (Å²) in [6.07, 6.45) is 0.979. The Morgan fingerprint density at radius 2 is 1.97 bits per heavy atom. The number of carbonyl (C=O) groups excluding carboxylic acids is 1. The first-order valence-corrected chi connectivity index (χ1v) is 9.86. The highest BCUT2D eigenvalue weighted by molar-refractivity contribution is 5.90. The average Bonchev–Trinajstić information content (AvgIpc) is 3.18. The van der Waals surface area contributed by atoms with Crippen LogP contribution in [0.1, 0.15) is 53.4 Å². The Bertz CT molecular complexity index is 1040. The molecule has 2 aromatic carbocycles. The summed E-state index contributed by atoms with van der Waals surface area (Å²) in [6.45, 7) is 5.17. The Hall–Kier alpha value is -2.77. The van der Waals surface area contributed by atoms with Crippen molar-refractivity contribution in [3.63, 3.8) is 0 Å².